The number of ether oxygens (including phenoxy) is 3. The van der Waals surface area contributed by atoms with Gasteiger partial charge in [-0.05, 0) is 43.0 Å². The summed E-state index contributed by atoms with van der Waals surface area (Å²) >= 11 is 0. The van der Waals surface area contributed by atoms with Gasteiger partial charge in [-0.2, -0.15) is 0 Å². The molecule has 0 spiro atoms. The third-order valence-corrected chi connectivity index (χ3v) is 7.35. The summed E-state index contributed by atoms with van der Waals surface area (Å²) in [5.74, 6) is -0.514. The minimum atomic E-state index is -0.904. The summed E-state index contributed by atoms with van der Waals surface area (Å²) in [6, 6.07) is 5.11. The van der Waals surface area contributed by atoms with Crippen molar-refractivity contribution in [1.82, 2.24) is 19.8 Å². The predicted molar refractivity (Wildman–Crippen MR) is 139 cm³/mol. The minimum Gasteiger partial charge on any atom is -0.493 e. The van der Waals surface area contributed by atoms with Gasteiger partial charge < -0.3 is 30.0 Å². The van der Waals surface area contributed by atoms with E-state index >= 15 is 0 Å². The Hall–Kier alpha value is -3.44. The molecule has 3 unspecified atom stereocenters. The fraction of sp³-hybridized carbons (Fsp3) is 0.556. The summed E-state index contributed by atoms with van der Waals surface area (Å²) < 4.78 is 16.7. The summed E-state index contributed by atoms with van der Waals surface area (Å²) in [4.78, 5) is 38.2. The van der Waals surface area contributed by atoms with Crippen LogP contribution in [0.3, 0.4) is 0 Å². The van der Waals surface area contributed by atoms with Crippen LogP contribution < -0.4 is 19.9 Å². The molecule has 2 aliphatic heterocycles. The van der Waals surface area contributed by atoms with Crippen LogP contribution in [0.2, 0.25) is 0 Å². The molecule has 1 aromatic heterocycles. The molecule has 0 aliphatic carbocycles. The average molecular weight is 528 g/mol. The Balaban J connectivity index is 1.64. The second-order valence-corrected chi connectivity index (χ2v) is 9.69. The van der Waals surface area contributed by atoms with E-state index in [0.717, 1.165) is 24.1 Å². The molecule has 2 aromatic rings. The molecule has 11 nitrogen and oxygen atoms in total. The zero-order chi connectivity index (χ0) is 27.1. The Bertz CT molecular complexity index is 1100. The van der Waals surface area contributed by atoms with Gasteiger partial charge in [0.2, 0.25) is 18.4 Å². The number of rotatable bonds is 13. The van der Waals surface area contributed by atoms with Gasteiger partial charge in [0.1, 0.15) is 6.33 Å². The van der Waals surface area contributed by atoms with Crippen LogP contribution in [-0.4, -0.2) is 89.4 Å². The number of aliphatic carboxylic acids is 1. The monoisotopic (exact) mass is 527 g/mol. The van der Waals surface area contributed by atoms with E-state index in [9.17, 15) is 14.7 Å². The van der Waals surface area contributed by atoms with Gasteiger partial charge in [-0.15, -0.1) is 0 Å². The maximum absolute atomic E-state index is 13.4. The van der Waals surface area contributed by atoms with Gasteiger partial charge >= 0.3 is 5.97 Å². The molecule has 0 saturated carbocycles. The molecule has 2 aliphatic rings. The number of unbranched alkanes of at least 4 members (excludes halogenated alkanes) is 1. The number of benzene rings is 1. The third kappa shape index (κ3) is 6.16. The van der Waals surface area contributed by atoms with E-state index < -0.39 is 11.9 Å². The number of carbonyl (C=O) groups is 2. The lowest BCUT2D eigenvalue weighted by atomic mass is 9.83. The number of carboxylic acid groups (broad SMARTS) is 1. The number of fused-ring (bicyclic) bond motifs is 1. The maximum atomic E-state index is 13.4. The first-order valence-electron chi connectivity index (χ1n) is 13.1. The van der Waals surface area contributed by atoms with Crippen LogP contribution in [0.4, 0.5) is 0 Å². The molecule has 3 N–H and O–H groups in total. The van der Waals surface area contributed by atoms with E-state index in [2.05, 4.69) is 16.9 Å². The number of hydrogen-bond donors (Lipinski definition) is 2. The van der Waals surface area contributed by atoms with E-state index in [1.54, 1.807) is 18.2 Å². The van der Waals surface area contributed by atoms with Gasteiger partial charge in [-0.3, -0.25) is 14.5 Å². The average Bonchev–Trinajstić information content (AvgIpc) is 3.54. The molecule has 1 amide bonds. The van der Waals surface area contributed by atoms with Crippen molar-refractivity contribution in [3.8, 4) is 17.2 Å². The number of carbonyl (C=O) groups excluding carboxylic acids is 1. The van der Waals surface area contributed by atoms with Gasteiger partial charge in [0.25, 0.3) is 0 Å². The van der Waals surface area contributed by atoms with Crippen molar-refractivity contribution in [2.24, 2.45) is 11.7 Å². The van der Waals surface area contributed by atoms with Crippen molar-refractivity contribution in [3.05, 3.63) is 42.0 Å². The first-order valence-corrected chi connectivity index (χ1v) is 13.1. The smallest absolute Gasteiger partial charge is 0.308 e. The highest BCUT2D eigenvalue weighted by Gasteiger charge is 2.47. The lowest BCUT2D eigenvalue weighted by molar-refractivity contribution is -0.143. The van der Waals surface area contributed by atoms with Crippen molar-refractivity contribution in [2.45, 2.75) is 44.6 Å². The number of likely N-dealkylation sites (tertiary alicyclic amines) is 1. The second-order valence-electron chi connectivity index (χ2n) is 9.69. The normalized spacial score (nSPS) is 20.4. The van der Waals surface area contributed by atoms with E-state index in [4.69, 9.17) is 19.9 Å². The van der Waals surface area contributed by atoms with Gasteiger partial charge in [-0.25, -0.2) is 9.97 Å². The molecule has 1 saturated heterocycles. The first-order chi connectivity index (χ1) is 18.5. The van der Waals surface area contributed by atoms with E-state index in [0.29, 0.717) is 56.3 Å². The van der Waals surface area contributed by atoms with Crippen molar-refractivity contribution in [2.75, 3.05) is 46.6 Å². The molecule has 3 atom stereocenters. The molecule has 38 heavy (non-hydrogen) atoms. The van der Waals surface area contributed by atoms with Crippen molar-refractivity contribution < 1.29 is 28.9 Å². The molecule has 3 heterocycles. The highest BCUT2D eigenvalue weighted by Crippen LogP contribution is 2.47. The van der Waals surface area contributed by atoms with Crippen molar-refractivity contribution >= 4 is 11.9 Å². The number of aromatic nitrogens is 2. The molecule has 4 rings (SSSR count). The number of nitrogens with two attached hydrogens (primary N) is 1. The zero-order valence-corrected chi connectivity index (χ0v) is 22.0. The number of amides is 1. The Morgan fingerprint density at radius 1 is 1.29 bits per heavy atom. The lowest BCUT2D eigenvalue weighted by Gasteiger charge is -2.29. The molecule has 0 bridgehead atoms. The summed E-state index contributed by atoms with van der Waals surface area (Å²) in [5, 5.41) is 10.4. The van der Waals surface area contributed by atoms with Gasteiger partial charge in [-0.1, -0.05) is 13.3 Å². The number of hydrogen-bond acceptors (Lipinski definition) is 9. The fourth-order valence-corrected chi connectivity index (χ4v) is 5.46. The highest BCUT2D eigenvalue weighted by atomic mass is 16.7. The summed E-state index contributed by atoms with van der Waals surface area (Å²) in [7, 11) is 1.54. The van der Waals surface area contributed by atoms with E-state index in [-0.39, 0.29) is 31.2 Å². The molecule has 0 radical (unpaired) electrons. The molecular weight excluding hydrogens is 490 g/mol. The Morgan fingerprint density at radius 2 is 2.13 bits per heavy atom. The SMILES string of the molecule is CCCCN(CCN)C(=O)CN1CC(c2cc(OC)c3c(c2)OCO3)C(C(=O)O)C1CCc1ccncn1. The summed E-state index contributed by atoms with van der Waals surface area (Å²) in [6.07, 6.45) is 6.12. The summed E-state index contributed by atoms with van der Waals surface area (Å²) in [6.45, 7) is 4.18. The topological polar surface area (TPSA) is 140 Å². The maximum Gasteiger partial charge on any atom is 0.308 e. The summed E-state index contributed by atoms with van der Waals surface area (Å²) in [5.41, 5.74) is 7.40. The van der Waals surface area contributed by atoms with Crippen LogP contribution in [0.25, 0.3) is 0 Å². The van der Waals surface area contributed by atoms with Gasteiger partial charge in [0.05, 0.1) is 19.6 Å². The Morgan fingerprint density at radius 3 is 2.82 bits per heavy atom. The number of nitrogens with zero attached hydrogens (tertiary/aromatic N) is 4. The first kappa shape index (κ1) is 27.6. The van der Waals surface area contributed by atoms with Crippen LogP contribution in [0, 0.1) is 5.92 Å². The Kier molecular flexibility index (Phi) is 9.35. The number of carboxylic acids is 1. The molecule has 11 heteroatoms. The van der Waals surface area contributed by atoms with Gasteiger partial charge in [0.15, 0.2) is 11.5 Å². The van der Waals surface area contributed by atoms with Crippen molar-refractivity contribution in [3.63, 3.8) is 0 Å². The largest absolute Gasteiger partial charge is 0.493 e. The lowest BCUT2D eigenvalue weighted by Crippen LogP contribution is -2.45. The minimum absolute atomic E-state index is 0.0380. The Labute approximate surface area is 222 Å². The number of aryl methyl sites for hydroxylation is 1. The van der Waals surface area contributed by atoms with Gasteiger partial charge in [0, 0.05) is 50.0 Å². The van der Waals surface area contributed by atoms with Crippen LogP contribution in [0.5, 0.6) is 17.2 Å². The van der Waals surface area contributed by atoms with Crippen LogP contribution in [0.1, 0.15) is 43.4 Å². The zero-order valence-electron chi connectivity index (χ0n) is 22.0. The van der Waals surface area contributed by atoms with Crippen LogP contribution in [0.15, 0.2) is 30.7 Å². The molecule has 1 fully saturated rings. The van der Waals surface area contributed by atoms with Crippen LogP contribution >= 0.6 is 0 Å². The standard InChI is InChI=1S/C27H37N5O6/c1-3-4-10-31(11-8-28)24(33)15-32-14-20(18-12-22(36-2)26-23(13-18)37-17-38-26)25(27(34)35)21(32)6-5-19-7-9-29-16-30-19/h7,9,12-13,16,20-21,25H,3-6,8,10-11,14-15,17,28H2,1-2H3,(H,34,35). The fourth-order valence-electron chi connectivity index (χ4n) is 5.46. The quantitative estimate of drug-likeness (QED) is 0.397. The predicted octanol–water partition coefficient (Wildman–Crippen LogP) is 1.90. The third-order valence-electron chi connectivity index (χ3n) is 7.35. The van der Waals surface area contributed by atoms with E-state index in [1.807, 2.05) is 23.1 Å². The second kappa shape index (κ2) is 12.9. The van der Waals surface area contributed by atoms with E-state index in [1.165, 1.54) is 6.33 Å². The number of methoxy groups -OCH3 is 1. The molecular formula is C27H37N5O6. The molecule has 1 aromatic carbocycles. The highest BCUT2D eigenvalue weighted by molar-refractivity contribution is 5.79. The van der Waals surface area contributed by atoms with Crippen LogP contribution in [-0.2, 0) is 16.0 Å². The molecule has 206 valence electrons. The van der Waals surface area contributed by atoms with Crippen molar-refractivity contribution in [1.29, 1.82) is 0 Å².